The van der Waals surface area contributed by atoms with Crippen LogP contribution in [-0.2, 0) is 0 Å². The second kappa shape index (κ2) is 5.69. The van der Waals surface area contributed by atoms with E-state index in [-0.39, 0.29) is 11.4 Å². The van der Waals surface area contributed by atoms with Crippen LogP contribution in [0, 0.1) is 5.82 Å². The average Bonchev–Trinajstić information content (AvgIpc) is 2.63. The molecule has 1 aromatic carbocycles. The van der Waals surface area contributed by atoms with Crippen molar-refractivity contribution in [2.75, 3.05) is 11.6 Å². The van der Waals surface area contributed by atoms with Crippen molar-refractivity contribution in [3.8, 4) is 11.1 Å². The van der Waals surface area contributed by atoms with E-state index in [9.17, 15) is 9.18 Å². The Balaban J connectivity index is 1.92. The molecule has 0 spiro atoms. The fourth-order valence-electron chi connectivity index (χ4n) is 2.75. The SMILES string of the molecule is O=c1[nH]ccc2c1C=NCN2c1ccc(F)cc1-c1cncnc1. The summed E-state index contributed by atoms with van der Waals surface area (Å²) in [6.07, 6.45) is 7.80. The normalized spacial score (nSPS) is 13.0. The predicted octanol–water partition coefficient (Wildman–Crippen LogP) is 2.50. The lowest BCUT2D eigenvalue weighted by molar-refractivity contribution is 0.628. The minimum Gasteiger partial charge on any atom is -0.328 e. The van der Waals surface area contributed by atoms with Gasteiger partial charge in [0.1, 0.15) is 18.8 Å². The van der Waals surface area contributed by atoms with Crippen LogP contribution in [0.15, 0.2) is 59.0 Å². The highest BCUT2D eigenvalue weighted by molar-refractivity contribution is 5.93. The monoisotopic (exact) mass is 321 g/mol. The molecule has 3 heterocycles. The van der Waals surface area contributed by atoms with Crippen LogP contribution in [0.3, 0.4) is 0 Å². The quantitative estimate of drug-likeness (QED) is 0.787. The maximum absolute atomic E-state index is 13.8. The largest absolute Gasteiger partial charge is 0.328 e. The number of benzene rings is 1. The summed E-state index contributed by atoms with van der Waals surface area (Å²) in [6.45, 7) is 0.336. The number of fused-ring (bicyclic) bond motifs is 1. The summed E-state index contributed by atoms with van der Waals surface area (Å²) in [4.78, 5) is 28.7. The number of aromatic amines is 1. The van der Waals surface area contributed by atoms with E-state index in [0.29, 0.717) is 23.4 Å². The molecule has 0 saturated heterocycles. The first-order valence-corrected chi connectivity index (χ1v) is 7.28. The van der Waals surface area contributed by atoms with E-state index < -0.39 is 0 Å². The van der Waals surface area contributed by atoms with Crippen molar-refractivity contribution < 1.29 is 4.39 Å². The number of pyridine rings is 1. The lowest BCUT2D eigenvalue weighted by Crippen LogP contribution is -2.27. The maximum atomic E-state index is 13.8. The zero-order chi connectivity index (χ0) is 16.5. The van der Waals surface area contributed by atoms with Crippen LogP contribution in [0.2, 0.25) is 0 Å². The average molecular weight is 321 g/mol. The fraction of sp³-hybridized carbons (Fsp3) is 0.0588. The second-order valence-electron chi connectivity index (χ2n) is 5.28. The van der Waals surface area contributed by atoms with Crippen LogP contribution >= 0.6 is 0 Å². The van der Waals surface area contributed by atoms with E-state index in [4.69, 9.17) is 0 Å². The molecule has 0 fully saturated rings. The van der Waals surface area contributed by atoms with Gasteiger partial charge < -0.3 is 9.88 Å². The summed E-state index contributed by atoms with van der Waals surface area (Å²) in [6, 6.07) is 6.28. The summed E-state index contributed by atoms with van der Waals surface area (Å²) in [5, 5.41) is 0. The lowest BCUT2D eigenvalue weighted by Gasteiger charge is -2.28. The van der Waals surface area contributed by atoms with Gasteiger partial charge in [0, 0.05) is 35.9 Å². The first-order valence-electron chi connectivity index (χ1n) is 7.28. The molecule has 0 aliphatic carbocycles. The molecule has 0 amide bonds. The number of H-pyrrole nitrogens is 1. The van der Waals surface area contributed by atoms with Gasteiger partial charge in [-0.1, -0.05) is 0 Å². The Morgan fingerprint density at radius 2 is 1.96 bits per heavy atom. The van der Waals surface area contributed by atoms with Crippen molar-refractivity contribution in [2.24, 2.45) is 4.99 Å². The van der Waals surface area contributed by atoms with Gasteiger partial charge in [0.25, 0.3) is 5.56 Å². The lowest BCUT2D eigenvalue weighted by atomic mass is 10.0. The molecule has 7 heteroatoms. The minimum atomic E-state index is -0.357. The van der Waals surface area contributed by atoms with E-state index in [0.717, 1.165) is 11.4 Å². The number of nitrogens with one attached hydrogen (secondary N) is 1. The topological polar surface area (TPSA) is 74.2 Å². The Bertz CT molecular complexity index is 984. The van der Waals surface area contributed by atoms with Gasteiger partial charge in [0.15, 0.2) is 0 Å². The number of hydrogen-bond acceptors (Lipinski definition) is 5. The summed E-state index contributed by atoms with van der Waals surface area (Å²) >= 11 is 0. The minimum absolute atomic E-state index is 0.215. The standard InChI is InChI=1S/C17H12FN5O/c18-12-1-2-15(13(5-12)11-6-19-9-20-7-11)23-10-21-8-14-16(23)3-4-22-17(14)24/h1-9H,10H2,(H,22,24). The number of hydrogen-bond donors (Lipinski definition) is 1. The smallest absolute Gasteiger partial charge is 0.258 e. The fourth-order valence-corrected chi connectivity index (χ4v) is 2.75. The molecule has 0 radical (unpaired) electrons. The molecule has 1 N–H and O–H groups in total. The first kappa shape index (κ1) is 14.3. The van der Waals surface area contributed by atoms with Gasteiger partial charge in [0.2, 0.25) is 0 Å². The van der Waals surface area contributed by atoms with Crippen LogP contribution in [-0.4, -0.2) is 27.8 Å². The molecular formula is C17H12FN5O. The highest BCUT2D eigenvalue weighted by Gasteiger charge is 2.21. The highest BCUT2D eigenvalue weighted by Crippen LogP contribution is 2.36. The van der Waals surface area contributed by atoms with Crippen molar-refractivity contribution in [1.82, 2.24) is 15.0 Å². The van der Waals surface area contributed by atoms with Gasteiger partial charge in [-0.05, 0) is 24.3 Å². The van der Waals surface area contributed by atoms with Gasteiger partial charge >= 0.3 is 0 Å². The van der Waals surface area contributed by atoms with Crippen molar-refractivity contribution in [2.45, 2.75) is 0 Å². The Kier molecular flexibility index (Phi) is 3.38. The van der Waals surface area contributed by atoms with E-state index >= 15 is 0 Å². The third-order valence-electron chi connectivity index (χ3n) is 3.83. The molecule has 24 heavy (non-hydrogen) atoms. The first-order chi connectivity index (χ1) is 11.7. The molecule has 0 atom stereocenters. The van der Waals surface area contributed by atoms with Gasteiger partial charge in [-0.3, -0.25) is 9.79 Å². The molecule has 1 aliphatic rings. The van der Waals surface area contributed by atoms with E-state index in [1.54, 1.807) is 36.9 Å². The number of aliphatic imine (C=N–C) groups is 1. The van der Waals surface area contributed by atoms with E-state index in [1.807, 2.05) is 4.90 Å². The summed E-state index contributed by atoms with van der Waals surface area (Å²) < 4.78 is 13.8. The number of rotatable bonds is 2. The third kappa shape index (κ3) is 2.36. The maximum Gasteiger partial charge on any atom is 0.258 e. The predicted molar refractivity (Wildman–Crippen MR) is 89.1 cm³/mol. The van der Waals surface area contributed by atoms with Crippen LogP contribution in [0.1, 0.15) is 5.56 Å². The molecule has 1 aliphatic heterocycles. The number of anilines is 2. The Morgan fingerprint density at radius 1 is 1.12 bits per heavy atom. The molecule has 0 bridgehead atoms. The summed E-state index contributed by atoms with van der Waals surface area (Å²) in [7, 11) is 0. The van der Waals surface area contributed by atoms with Gasteiger partial charge in [-0.15, -0.1) is 0 Å². The number of nitrogens with zero attached hydrogens (tertiary/aromatic N) is 4. The van der Waals surface area contributed by atoms with E-state index in [1.165, 1.54) is 18.5 Å². The second-order valence-corrected chi connectivity index (χ2v) is 5.28. The van der Waals surface area contributed by atoms with Crippen molar-refractivity contribution in [3.05, 3.63) is 70.9 Å². The number of halogens is 1. The zero-order valence-corrected chi connectivity index (χ0v) is 12.5. The molecule has 118 valence electrons. The van der Waals surface area contributed by atoms with Crippen molar-refractivity contribution >= 4 is 17.6 Å². The van der Waals surface area contributed by atoms with Gasteiger partial charge in [-0.25, -0.2) is 14.4 Å². The Hall–Kier alpha value is -3.35. The molecule has 0 saturated carbocycles. The summed E-state index contributed by atoms with van der Waals surface area (Å²) in [5.74, 6) is -0.357. The highest BCUT2D eigenvalue weighted by atomic mass is 19.1. The third-order valence-corrected chi connectivity index (χ3v) is 3.83. The zero-order valence-electron chi connectivity index (χ0n) is 12.5. The molecule has 4 rings (SSSR count). The van der Waals surface area contributed by atoms with E-state index in [2.05, 4.69) is 19.9 Å². The molecule has 6 nitrogen and oxygen atoms in total. The van der Waals surface area contributed by atoms with Crippen LogP contribution in [0.4, 0.5) is 15.8 Å². The Labute approximate surface area is 136 Å². The van der Waals surface area contributed by atoms with Crippen molar-refractivity contribution in [1.29, 1.82) is 0 Å². The Morgan fingerprint density at radius 3 is 2.79 bits per heavy atom. The molecule has 3 aromatic rings. The molecule has 2 aromatic heterocycles. The summed E-state index contributed by atoms with van der Waals surface area (Å²) in [5.41, 5.74) is 3.04. The van der Waals surface area contributed by atoms with Crippen LogP contribution in [0.5, 0.6) is 0 Å². The van der Waals surface area contributed by atoms with Crippen molar-refractivity contribution in [3.63, 3.8) is 0 Å². The van der Waals surface area contributed by atoms with Crippen LogP contribution in [0.25, 0.3) is 11.1 Å². The molecule has 0 unspecified atom stereocenters. The number of aromatic nitrogens is 3. The molecular weight excluding hydrogens is 309 g/mol. The van der Waals surface area contributed by atoms with Gasteiger partial charge in [-0.2, -0.15) is 0 Å². The van der Waals surface area contributed by atoms with Gasteiger partial charge in [0.05, 0.1) is 16.9 Å². The van der Waals surface area contributed by atoms with Crippen LogP contribution < -0.4 is 10.5 Å².